The molecule has 1 saturated heterocycles. The third-order valence-electron chi connectivity index (χ3n) is 1.65. The zero-order valence-corrected chi connectivity index (χ0v) is 8.98. The number of nitrogens with zero attached hydrogens (tertiary/aromatic N) is 1. The van der Waals surface area contributed by atoms with Crippen molar-refractivity contribution in [1.82, 2.24) is 5.32 Å². The van der Waals surface area contributed by atoms with Crippen molar-refractivity contribution < 1.29 is 4.84 Å². The number of thiophene rings is 1. The minimum Gasteiger partial charge on any atom is -0.271 e. The standard InChI is InChI=1S/C7H9BrN2OS/c1-5-9-4-10(11-5)6-2-7(8)12-3-6/h2-3,5,9H,4H2,1H3. The number of nitrogens with one attached hydrogen (secondary N) is 1. The normalized spacial score (nSPS) is 23.5. The summed E-state index contributed by atoms with van der Waals surface area (Å²) in [6, 6.07) is 2.05. The summed E-state index contributed by atoms with van der Waals surface area (Å²) in [6.07, 6.45) is 0.115. The van der Waals surface area contributed by atoms with Crippen LogP contribution in [0.4, 0.5) is 5.69 Å². The van der Waals surface area contributed by atoms with Crippen LogP contribution in [0.25, 0.3) is 0 Å². The molecule has 1 unspecified atom stereocenters. The van der Waals surface area contributed by atoms with Gasteiger partial charge in [-0.2, -0.15) is 0 Å². The molecule has 3 nitrogen and oxygen atoms in total. The van der Waals surface area contributed by atoms with Crippen molar-refractivity contribution in [3.63, 3.8) is 0 Å². The third-order valence-corrected chi connectivity index (χ3v) is 3.14. The molecule has 0 aromatic carbocycles. The third kappa shape index (κ3) is 1.64. The zero-order chi connectivity index (χ0) is 8.55. The maximum atomic E-state index is 5.47. The van der Waals surface area contributed by atoms with Gasteiger partial charge in [0, 0.05) is 5.38 Å². The van der Waals surface area contributed by atoms with E-state index in [1.54, 1.807) is 11.3 Å². The first-order valence-corrected chi connectivity index (χ1v) is 5.35. The Morgan fingerprint density at radius 2 is 2.67 bits per heavy atom. The fraction of sp³-hybridized carbons (Fsp3) is 0.429. The van der Waals surface area contributed by atoms with Crippen molar-refractivity contribution in [2.24, 2.45) is 0 Å². The van der Waals surface area contributed by atoms with Crippen LogP contribution < -0.4 is 10.4 Å². The van der Waals surface area contributed by atoms with Crippen LogP contribution in [0, 0.1) is 0 Å². The lowest BCUT2D eigenvalue weighted by Crippen LogP contribution is -2.19. The molecule has 0 aliphatic carbocycles. The Morgan fingerprint density at radius 3 is 3.17 bits per heavy atom. The maximum Gasteiger partial charge on any atom is 0.134 e. The molecular weight excluding hydrogens is 240 g/mol. The molecule has 0 spiro atoms. The summed E-state index contributed by atoms with van der Waals surface area (Å²) in [6.45, 7) is 2.74. The highest BCUT2D eigenvalue weighted by Crippen LogP contribution is 2.28. The van der Waals surface area contributed by atoms with Crippen LogP contribution in [0.1, 0.15) is 6.92 Å². The summed E-state index contributed by atoms with van der Waals surface area (Å²) >= 11 is 5.07. The molecular formula is C7H9BrN2OS. The first-order chi connectivity index (χ1) is 5.75. The van der Waals surface area contributed by atoms with Gasteiger partial charge < -0.3 is 0 Å². The van der Waals surface area contributed by atoms with Crippen molar-refractivity contribution >= 4 is 33.0 Å². The lowest BCUT2D eigenvalue weighted by molar-refractivity contribution is 0.0927. The van der Waals surface area contributed by atoms with Crippen LogP contribution in [-0.4, -0.2) is 12.9 Å². The predicted octanol–water partition coefficient (Wildman–Crippen LogP) is 2.16. The molecule has 1 N–H and O–H groups in total. The molecule has 0 radical (unpaired) electrons. The van der Waals surface area contributed by atoms with Crippen LogP contribution >= 0.6 is 27.3 Å². The molecule has 1 aromatic heterocycles. The summed E-state index contributed by atoms with van der Waals surface area (Å²) in [4.78, 5) is 5.47. The van der Waals surface area contributed by atoms with Gasteiger partial charge in [-0.05, 0) is 28.9 Å². The Morgan fingerprint density at radius 1 is 1.83 bits per heavy atom. The predicted molar refractivity (Wildman–Crippen MR) is 53.0 cm³/mol. The minimum absolute atomic E-state index is 0.115. The summed E-state index contributed by atoms with van der Waals surface area (Å²) in [5, 5.41) is 7.08. The van der Waals surface area contributed by atoms with E-state index in [0.29, 0.717) is 0 Å². The highest BCUT2D eigenvalue weighted by Gasteiger charge is 2.19. The topological polar surface area (TPSA) is 24.5 Å². The molecule has 0 saturated carbocycles. The molecule has 2 rings (SSSR count). The second-order valence-corrected chi connectivity index (χ2v) is 4.89. The van der Waals surface area contributed by atoms with Gasteiger partial charge in [-0.25, -0.2) is 5.06 Å². The lowest BCUT2D eigenvalue weighted by atomic mass is 10.5. The van der Waals surface area contributed by atoms with Crippen molar-refractivity contribution in [2.75, 3.05) is 11.7 Å². The molecule has 66 valence electrons. The summed E-state index contributed by atoms with van der Waals surface area (Å²) < 4.78 is 1.13. The van der Waals surface area contributed by atoms with E-state index in [1.807, 2.05) is 18.1 Å². The molecule has 0 bridgehead atoms. The Kier molecular flexibility index (Phi) is 2.36. The molecule has 5 heteroatoms. The molecule has 1 aromatic rings. The monoisotopic (exact) mass is 248 g/mol. The van der Waals surface area contributed by atoms with E-state index in [2.05, 4.69) is 26.6 Å². The van der Waals surface area contributed by atoms with E-state index >= 15 is 0 Å². The van der Waals surface area contributed by atoms with Gasteiger partial charge in [-0.3, -0.25) is 10.2 Å². The van der Waals surface area contributed by atoms with Gasteiger partial charge in [0.1, 0.15) is 6.23 Å². The smallest absolute Gasteiger partial charge is 0.134 e. The number of hydrogen-bond donors (Lipinski definition) is 1. The van der Waals surface area contributed by atoms with Crippen molar-refractivity contribution in [3.8, 4) is 0 Å². The maximum absolute atomic E-state index is 5.47. The van der Waals surface area contributed by atoms with Crippen LogP contribution in [0.5, 0.6) is 0 Å². The van der Waals surface area contributed by atoms with Gasteiger partial charge in [0.25, 0.3) is 0 Å². The van der Waals surface area contributed by atoms with E-state index in [1.165, 1.54) is 0 Å². The second-order valence-electron chi connectivity index (χ2n) is 2.60. The molecule has 2 heterocycles. The van der Waals surface area contributed by atoms with Crippen molar-refractivity contribution in [2.45, 2.75) is 13.2 Å². The summed E-state index contributed by atoms with van der Waals surface area (Å²) in [7, 11) is 0. The highest BCUT2D eigenvalue weighted by atomic mass is 79.9. The van der Waals surface area contributed by atoms with E-state index in [4.69, 9.17) is 4.84 Å². The van der Waals surface area contributed by atoms with Gasteiger partial charge in [-0.1, -0.05) is 0 Å². The average molecular weight is 249 g/mol. The Bertz CT molecular complexity index is 278. The molecule has 1 aliphatic heterocycles. The number of hydroxylamine groups is 1. The molecule has 1 fully saturated rings. The van der Waals surface area contributed by atoms with Crippen molar-refractivity contribution in [1.29, 1.82) is 0 Å². The fourth-order valence-electron chi connectivity index (χ4n) is 1.06. The first kappa shape index (κ1) is 8.50. The number of halogens is 1. The van der Waals surface area contributed by atoms with Gasteiger partial charge in [0.05, 0.1) is 16.1 Å². The van der Waals surface area contributed by atoms with Gasteiger partial charge in [-0.15, -0.1) is 11.3 Å². The van der Waals surface area contributed by atoms with E-state index in [-0.39, 0.29) is 6.23 Å². The zero-order valence-electron chi connectivity index (χ0n) is 6.58. The Hall–Kier alpha value is -0.100. The molecule has 1 aliphatic rings. The number of rotatable bonds is 1. The van der Waals surface area contributed by atoms with Crippen LogP contribution in [0.2, 0.25) is 0 Å². The van der Waals surface area contributed by atoms with Gasteiger partial charge in [0.15, 0.2) is 0 Å². The molecule has 12 heavy (non-hydrogen) atoms. The second kappa shape index (κ2) is 3.33. The Labute approximate surface area is 83.4 Å². The first-order valence-electron chi connectivity index (χ1n) is 3.67. The van der Waals surface area contributed by atoms with Gasteiger partial charge >= 0.3 is 0 Å². The molecule has 0 amide bonds. The van der Waals surface area contributed by atoms with E-state index in [0.717, 1.165) is 16.1 Å². The van der Waals surface area contributed by atoms with Crippen LogP contribution in [0.15, 0.2) is 15.2 Å². The fourth-order valence-corrected chi connectivity index (χ4v) is 2.18. The van der Waals surface area contributed by atoms with Gasteiger partial charge in [0.2, 0.25) is 0 Å². The van der Waals surface area contributed by atoms with E-state index in [9.17, 15) is 0 Å². The largest absolute Gasteiger partial charge is 0.271 e. The quantitative estimate of drug-likeness (QED) is 0.825. The average Bonchev–Trinajstić information content (AvgIpc) is 2.58. The van der Waals surface area contributed by atoms with E-state index < -0.39 is 0 Å². The molecule has 1 atom stereocenters. The summed E-state index contributed by atoms with van der Waals surface area (Å²) in [5.41, 5.74) is 1.10. The minimum atomic E-state index is 0.115. The number of anilines is 1. The van der Waals surface area contributed by atoms with Crippen LogP contribution in [0.3, 0.4) is 0 Å². The number of hydrogen-bond acceptors (Lipinski definition) is 4. The van der Waals surface area contributed by atoms with Crippen molar-refractivity contribution in [3.05, 3.63) is 15.2 Å². The lowest BCUT2D eigenvalue weighted by Gasteiger charge is -2.12. The highest BCUT2D eigenvalue weighted by molar-refractivity contribution is 9.11. The Balaban J connectivity index is 2.11. The van der Waals surface area contributed by atoms with Crippen LogP contribution in [-0.2, 0) is 4.84 Å². The summed E-state index contributed by atoms with van der Waals surface area (Å²) in [5.74, 6) is 0. The SMILES string of the molecule is CC1NCN(c2csc(Br)c2)O1.